The van der Waals surface area contributed by atoms with Crippen LogP contribution in [0.3, 0.4) is 0 Å². The third-order valence-electron chi connectivity index (χ3n) is 2.42. The molecule has 1 heterocycles. The molecule has 8 nitrogen and oxygen atoms in total. The first-order valence-corrected chi connectivity index (χ1v) is 5.94. The van der Waals surface area contributed by atoms with Crippen LogP contribution in [0.2, 0.25) is 10.0 Å². The predicted molar refractivity (Wildman–Crippen MR) is 71.1 cm³/mol. The van der Waals surface area contributed by atoms with Gasteiger partial charge in [-0.05, 0) is 16.6 Å². The summed E-state index contributed by atoms with van der Waals surface area (Å²) < 4.78 is 1.23. The molecule has 104 valence electrons. The van der Waals surface area contributed by atoms with Crippen LogP contribution in [0.15, 0.2) is 24.4 Å². The van der Waals surface area contributed by atoms with Crippen molar-refractivity contribution >= 4 is 34.7 Å². The molecule has 0 saturated heterocycles. The molecule has 0 saturated carbocycles. The summed E-state index contributed by atoms with van der Waals surface area (Å²) in [5.41, 5.74) is 0.284. The molecule has 0 aliphatic carbocycles. The molecule has 0 unspecified atom stereocenters. The van der Waals surface area contributed by atoms with E-state index in [4.69, 9.17) is 23.2 Å². The number of hydrogen-bond donors (Lipinski definition) is 0. The van der Waals surface area contributed by atoms with E-state index < -0.39 is 15.7 Å². The third-order valence-corrected chi connectivity index (χ3v) is 3.01. The summed E-state index contributed by atoms with van der Waals surface area (Å²) in [7, 11) is 0. The molecular formula is C10H6Cl2N4O4. The van der Waals surface area contributed by atoms with E-state index in [9.17, 15) is 20.2 Å². The molecule has 0 spiro atoms. The smallest absolute Gasteiger partial charge is 0.358 e. The number of nitrogens with zero attached hydrogens (tertiary/aromatic N) is 4. The summed E-state index contributed by atoms with van der Waals surface area (Å²) in [6.45, 7) is 0.103. The van der Waals surface area contributed by atoms with Gasteiger partial charge < -0.3 is 10.1 Å². The monoisotopic (exact) mass is 316 g/mol. The van der Waals surface area contributed by atoms with E-state index >= 15 is 0 Å². The Labute approximate surface area is 121 Å². The average Bonchev–Trinajstić information content (AvgIpc) is 2.72. The number of benzene rings is 1. The van der Waals surface area contributed by atoms with Crippen LogP contribution >= 0.6 is 23.2 Å². The largest absolute Gasteiger partial charge is 0.408 e. The molecule has 0 aliphatic heterocycles. The first-order valence-electron chi connectivity index (χ1n) is 5.18. The Morgan fingerprint density at radius 3 is 2.40 bits per heavy atom. The fraction of sp³-hybridized carbons (Fsp3) is 0.100. The van der Waals surface area contributed by atoms with Gasteiger partial charge in [0, 0.05) is 6.07 Å². The van der Waals surface area contributed by atoms with Gasteiger partial charge in [-0.15, -0.1) is 0 Å². The fourth-order valence-corrected chi connectivity index (χ4v) is 1.98. The van der Waals surface area contributed by atoms with Crippen LogP contribution in [0.4, 0.5) is 11.5 Å². The maximum atomic E-state index is 10.8. The van der Waals surface area contributed by atoms with Gasteiger partial charge in [0.1, 0.15) is 5.02 Å². The van der Waals surface area contributed by atoms with Crippen LogP contribution in [-0.2, 0) is 6.54 Å². The van der Waals surface area contributed by atoms with Crippen LogP contribution in [0, 0.1) is 20.2 Å². The first-order chi connectivity index (χ1) is 9.38. The van der Waals surface area contributed by atoms with Crippen molar-refractivity contribution in [3.63, 3.8) is 0 Å². The Balaban J connectivity index is 2.31. The van der Waals surface area contributed by atoms with Gasteiger partial charge in [-0.25, -0.2) is 0 Å². The highest BCUT2D eigenvalue weighted by atomic mass is 35.5. The van der Waals surface area contributed by atoms with Gasteiger partial charge in [0.05, 0.1) is 22.8 Å². The zero-order valence-corrected chi connectivity index (χ0v) is 11.2. The molecule has 0 atom stereocenters. The quantitative estimate of drug-likeness (QED) is 0.636. The van der Waals surface area contributed by atoms with Crippen LogP contribution in [0.25, 0.3) is 0 Å². The molecule has 0 bridgehead atoms. The Bertz CT molecular complexity index is 701. The Hall–Kier alpha value is -2.19. The molecule has 20 heavy (non-hydrogen) atoms. The summed E-state index contributed by atoms with van der Waals surface area (Å²) in [4.78, 5) is 20.1. The summed E-state index contributed by atoms with van der Waals surface area (Å²) in [6, 6.07) is 4.23. The summed E-state index contributed by atoms with van der Waals surface area (Å²) in [5.74, 6) is -0.463. The van der Waals surface area contributed by atoms with Gasteiger partial charge >= 0.3 is 5.82 Å². The van der Waals surface area contributed by atoms with Crippen molar-refractivity contribution < 1.29 is 9.85 Å². The maximum absolute atomic E-state index is 10.8. The summed E-state index contributed by atoms with van der Waals surface area (Å²) in [5, 5.41) is 25.0. The minimum atomic E-state index is -0.705. The molecule has 2 aromatic rings. The lowest BCUT2D eigenvalue weighted by Crippen LogP contribution is -2.02. The number of nitro benzene ring substituents is 1. The van der Waals surface area contributed by atoms with E-state index in [1.807, 2.05) is 0 Å². The van der Waals surface area contributed by atoms with Crippen LogP contribution < -0.4 is 0 Å². The van der Waals surface area contributed by atoms with Crippen molar-refractivity contribution in [3.8, 4) is 0 Å². The van der Waals surface area contributed by atoms with Crippen LogP contribution in [0.5, 0.6) is 0 Å². The lowest BCUT2D eigenvalue weighted by molar-refractivity contribution is -0.389. The minimum Gasteiger partial charge on any atom is -0.358 e. The van der Waals surface area contributed by atoms with Crippen molar-refractivity contribution in [2.45, 2.75) is 6.54 Å². The van der Waals surface area contributed by atoms with Gasteiger partial charge in [0.15, 0.2) is 5.02 Å². The van der Waals surface area contributed by atoms with Gasteiger partial charge in [-0.2, -0.15) is 4.68 Å². The molecule has 10 heteroatoms. The van der Waals surface area contributed by atoms with Gasteiger partial charge in [-0.1, -0.05) is 29.3 Å². The topological polar surface area (TPSA) is 104 Å². The van der Waals surface area contributed by atoms with Crippen LogP contribution in [0.1, 0.15) is 5.56 Å². The fourth-order valence-electron chi connectivity index (χ4n) is 1.58. The predicted octanol–water partition coefficient (Wildman–Crippen LogP) is 3.05. The molecule has 0 aliphatic rings. The van der Waals surface area contributed by atoms with Crippen molar-refractivity contribution in [2.75, 3.05) is 0 Å². The molecule has 0 fully saturated rings. The molecular weight excluding hydrogens is 311 g/mol. The van der Waals surface area contributed by atoms with Gasteiger partial charge in [0.2, 0.25) is 0 Å². The Kier molecular flexibility index (Phi) is 3.86. The molecule has 1 aromatic heterocycles. The minimum absolute atomic E-state index is 0.0169. The lowest BCUT2D eigenvalue weighted by Gasteiger charge is -2.00. The van der Waals surface area contributed by atoms with E-state index in [1.54, 1.807) is 6.07 Å². The highest BCUT2D eigenvalue weighted by molar-refractivity contribution is 6.32. The highest BCUT2D eigenvalue weighted by Crippen LogP contribution is 2.26. The van der Waals surface area contributed by atoms with Crippen molar-refractivity contribution in [3.05, 3.63) is 60.2 Å². The maximum Gasteiger partial charge on any atom is 0.408 e. The molecule has 0 radical (unpaired) electrons. The third kappa shape index (κ3) is 2.86. The van der Waals surface area contributed by atoms with E-state index in [0.717, 1.165) is 0 Å². The summed E-state index contributed by atoms with van der Waals surface area (Å²) >= 11 is 11.3. The Morgan fingerprint density at radius 2 is 1.85 bits per heavy atom. The van der Waals surface area contributed by atoms with Gasteiger partial charge in [0.25, 0.3) is 5.69 Å². The molecule has 0 N–H and O–H groups in total. The SMILES string of the molecule is O=[N+]([O-])c1cc(Cn2cc(Cl)c([N+](=O)[O-])n2)ccc1Cl. The Morgan fingerprint density at radius 1 is 1.15 bits per heavy atom. The molecule has 2 rings (SSSR count). The van der Waals surface area contributed by atoms with Gasteiger partial charge in [-0.3, -0.25) is 10.1 Å². The number of rotatable bonds is 4. The molecule has 0 amide bonds. The van der Waals surface area contributed by atoms with E-state index in [0.29, 0.717) is 5.56 Å². The highest BCUT2D eigenvalue weighted by Gasteiger charge is 2.20. The van der Waals surface area contributed by atoms with E-state index in [2.05, 4.69) is 5.10 Å². The van der Waals surface area contributed by atoms with Crippen LogP contribution in [-0.4, -0.2) is 19.6 Å². The standard InChI is InChI=1S/C10H6Cl2N4O4/c11-7-2-1-6(3-9(7)15(17)18)4-14-5-8(12)10(13-14)16(19)20/h1-3,5H,4H2. The van der Waals surface area contributed by atoms with Crippen molar-refractivity contribution in [1.29, 1.82) is 0 Å². The lowest BCUT2D eigenvalue weighted by atomic mass is 10.2. The number of nitro groups is 2. The molecule has 1 aromatic carbocycles. The second-order valence-electron chi connectivity index (χ2n) is 3.80. The van der Waals surface area contributed by atoms with E-state index in [1.165, 1.54) is 23.0 Å². The van der Waals surface area contributed by atoms with Crippen molar-refractivity contribution in [2.24, 2.45) is 0 Å². The number of halogens is 2. The van der Waals surface area contributed by atoms with Crippen molar-refractivity contribution in [1.82, 2.24) is 9.78 Å². The normalized spacial score (nSPS) is 10.5. The van der Waals surface area contributed by atoms with E-state index in [-0.39, 0.29) is 22.3 Å². The second kappa shape index (κ2) is 5.43. The zero-order valence-electron chi connectivity index (χ0n) is 9.69. The zero-order chi connectivity index (χ0) is 14.9. The first kappa shape index (κ1) is 14.2. The second-order valence-corrected chi connectivity index (χ2v) is 4.61. The summed E-state index contributed by atoms with van der Waals surface area (Å²) in [6.07, 6.45) is 1.28. The number of hydrogen-bond acceptors (Lipinski definition) is 5. The number of aromatic nitrogens is 2. The average molecular weight is 317 g/mol.